The Balaban J connectivity index is 1.67. The molecule has 22 heavy (non-hydrogen) atoms. The first-order valence-electron chi connectivity index (χ1n) is 7.15. The maximum Gasteiger partial charge on any atom is 0.243 e. The molecule has 1 aliphatic heterocycles. The van der Waals surface area contributed by atoms with Crippen LogP contribution in [0.1, 0.15) is 24.1 Å². The largest absolute Gasteiger partial charge is 0.488 e. The number of hydrogen-bond donors (Lipinski definition) is 0. The van der Waals surface area contributed by atoms with E-state index in [9.17, 15) is 8.42 Å². The van der Waals surface area contributed by atoms with Gasteiger partial charge in [0.1, 0.15) is 12.4 Å². The van der Waals surface area contributed by atoms with Crippen molar-refractivity contribution < 1.29 is 13.2 Å². The van der Waals surface area contributed by atoms with Crippen LogP contribution in [0.25, 0.3) is 0 Å². The molecule has 1 fully saturated rings. The molecule has 2 aromatic rings. The number of piperidine rings is 1. The summed E-state index contributed by atoms with van der Waals surface area (Å²) in [4.78, 5) is 1.24. The zero-order chi connectivity index (χ0) is 15.4. The van der Waals surface area contributed by atoms with Crippen LogP contribution in [0.5, 0.6) is 5.75 Å². The zero-order valence-electron chi connectivity index (χ0n) is 12.0. The minimum absolute atomic E-state index is 0.321. The summed E-state index contributed by atoms with van der Waals surface area (Å²) in [6.07, 6.45) is 4.62. The molecule has 1 aliphatic rings. The topological polar surface area (TPSA) is 72.4 Å². The van der Waals surface area contributed by atoms with E-state index in [0.717, 1.165) is 24.1 Å². The molecule has 1 saturated heterocycles. The summed E-state index contributed by atoms with van der Waals surface area (Å²) in [6.45, 7) is 1.60. The quantitative estimate of drug-likeness (QED) is 0.836. The molecule has 0 saturated carbocycles. The molecule has 2 heterocycles. The van der Waals surface area contributed by atoms with Crippen molar-refractivity contribution in [1.29, 1.82) is 0 Å². The maximum absolute atomic E-state index is 12.5. The molecule has 3 rings (SSSR count). The molecule has 1 aromatic heterocycles. The average molecular weight is 339 g/mol. The minimum Gasteiger partial charge on any atom is -0.488 e. The summed E-state index contributed by atoms with van der Waals surface area (Å²) in [7, 11) is -3.38. The number of aromatic nitrogens is 2. The predicted octanol–water partition coefficient (Wildman–Crippen LogP) is 2.29. The lowest BCUT2D eigenvalue weighted by Crippen LogP contribution is -2.35. The maximum atomic E-state index is 12.5. The minimum atomic E-state index is -3.38. The van der Waals surface area contributed by atoms with Crippen molar-refractivity contribution in [3.8, 4) is 5.75 Å². The van der Waals surface area contributed by atoms with E-state index in [1.165, 1.54) is 11.5 Å². The molecule has 0 atom stereocenters. The van der Waals surface area contributed by atoms with Crippen LogP contribution in [0.15, 0.2) is 35.4 Å². The van der Waals surface area contributed by atoms with Crippen LogP contribution in [0, 0.1) is 0 Å². The van der Waals surface area contributed by atoms with Crippen LogP contribution in [-0.4, -0.2) is 35.4 Å². The van der Waals surface area contributed by atoms with Gasteiger partial charge in [-0.25, -0.2) is 8.42 Å². The molecular weight excluding hydrogens is 322 g/mol. The molecule has 1 aromatic carbocycles. The van der Waals surface area contributed by atoms with Crippen molar-refractivity contribution >= 4 is 21.6 Å². The fraction of sp³-hybridized carbons (Fsp3) is 0.429. The Morgan fingerprint density at radius 3 is 2.50 bits per heavy atom. The Morgan fingerprint density at radius 1 is 1.14 bits per heavy atom. The molecule has 8 heteroatoms. The smallest absolute Gasteiger partial charge is 0.243 e. The Bertz CT molecular complexity index is 693. The highest BCUT2D eigenvalue weighted by atomic mass is 32.2. The first-order valence-corrected chi connectivity index (χ1v) is 9.37. The zero-order valence-corrected chi connectivity index (χ0v) is 13.6. The van der Waals surface area contributed by atoms with Crippen LogP contribution in [-0.2, 0) is 16.6 Å². The number of benzene rings is 1. The Labute approximate surface area is 133 Å². The van der Waals surface area contributed by atoms with Crippen LogP contribution in [0.3, 0.4) is 0 Å². The Morgan fingerprint density at radius 2 is 1.86 bits per heavy atom. The fourth-order valence-electron chi connectivity index (χ4n) is 2.37. The molecule has 118 valence electrons. The number of hydrogen-bond acceptors (Lipinski definition) is 6. The second kappa shape index (κ2) is 6.72. The highest BCUT2D eigenvalue weighted by Gasteiger charge is 2.25. The van der Waals surface area contributed by atoms with Gasteiger partial charge in [0.2, 0.25) is 10.0 Å². The molecule has 0 radical (unpaired) electrons. The third-order valence-corrected chi connectivity index (χ3v) is 6.11. The standard InChI is InChI=1S/C14H17N3O3S2/c18-22(19,17-8-2-1-3-9-17)14-6-4-12(5-7-14)20-11-13-10-15-16-21-13/h4-7,10H,1-3,8-9,11H2. The number of sulfonamides is 1. The van der Waals surface area contributed by atoms with Gasteiger partial charge in [-0.15, -0.1) is 5.10 Å². The van der Waals surface area contributed by atoms with Gasteiger partial charge in [0.05, 0.1) is 16.0 Å². The predicted molar refractivity (Wildman–Crippen MR) is 83.3 cm³/mol. The highest BCUT2D eigenvalue weighted by molar-refractivity contribution is 7.89. The fourth-order valence-corrected chi connectivity index (χ4v) is 4.29. The van der Waals surface area contributed by atoms with Crippen LogP contribution in [0.2, 0.25) is 0 Å². The van der Waals surface area contributed by atoms with Gasteiger partial charge in [-0.3, -0.25) is 0 Å². The lowest BCUT2D eigenvalue weighted by atomic mass is 10.2. The number of nitrogens with zero attached hydrogens (tertiary/aromatic N) is 3. The summed E-state index contributed by atoms with van der Waals surface area (Å²) in [5.74, 6) is 0.631. The summed E-state index contributed by atoms with van der Waals surface area (Å²) in [5, 5.41) is 3.74. The first kappa shape index (κ1) is 15.4. The first-order chi connectivity index (χ1) is 10.7. The lowest BCUT2D eigenvalue weighted by molar-refractivity contribution is 0.309. The molecule has 6 nitrogen and oxygen atoms in total. The van der Waals surface area contributed by atoms with Crippen molar-refractivity contribution in [2.75, 3.05) is 13.1 Å². The van der Waals surface area contributed by atoms with Crippen LogP contribution >= 0.6 is 11.5 Å². The van der Waals surface area contributed by atoms with Gasteiger partial charge in [-0.05, 0) is 48.6 Å². The van der Waals surface area contributed by atoms with Crippen molar-refractivity contribution in [3.63, 3.8) is 0 Å². The summed E-state index contributed by atoms with van der Waals surface area (Å²) in [6, 6.07) is 6.57. The normalized spacial score (nSPS) is 16.5. The van der Waals surface area contributed by atoms with E-state index in [1.807, 2.05) is 0 Å². The van der Waals surface area contributed by atoms with E-state index >= 15 is 0 Å². The summed E-state index contributed by atoms with van der Waals surface area (Å²) >= 11 is 1.28. The molecule has 0 aliphatic carbocycles. The van der Waals surface area contributed by atoms with Crippen molar-refractivity contribution in [1.82, 2.24) is 13.9 Å². The average Bonchev–Trinajstić information content (AvgIpc) is 3.08. The van der Waals surface area contributed by atoms with E-state index in [2.05, 4.69) is 9.59 Å². The second-order valence-corrected chi connectivity index (χ2v) is 7.92. The summed E-state index contributed by atoms with van der Waals surface area (Å²) < 4.78 is 35.9. The van der Waals surface area contributed by atoms with E-state index < -0.39 is 10.0 Å². The molecule has 0 amide bonds. The third-order valence-electron chi connectivity index (χ3n) is 3.56. The lowest BCUT2D eigenvalue weighted by Gasteiger charge is -2.25. The molecule has 0 unspecified atom stereocenters. The van der Waals surface area contributed by atoms with E-state index in [0.29, 0.717) is 30.3 Å². The molecule has 0 N–H and O–H groups in total. The van der Waals surface area contributed by atoms with Gasteiger partial charge in [-0.2, -0.15) is 4.31 Å². The van der Waals surface area contributed by atoms with Gasteiger partial charge >= 0.3 is 0 Å². The molecular formula is C14H17N3O3S2. The van der Waals surface area contributed by atoms with E-state index in [4.69, 9.17) is 4.74 Å². The van der Waals surface area contributed by atoms with Gasteiger partial charge in [0.25, 0.3) is 0 Å². The van der Waals surface area contributed by atoms with Gasteiger partial charge in [0.15, 0.2) is 0 Å². The Kier molecular flexibility index (Phi) is 4.70. The molecule has 0 spiro atoms. The highest BCUT2D eigenvalue weighted by Crippen LogP contribution is 2.23. The van der Waals surface area contributed by atoms with E-state index in [-0.39, 0.29) is 0 Å². The SMILES string of the molecule is O=S(=O)(c1ccc(OCc2cnns2)cc1)N1CCCCC1. The van der Waals surface area contributed by atoms with Gasteiger partial charge in [0, 0.05) is 13.1 Å². The van der Waals surface area contributed by atoms with Crippen molar-refractivity contribution in [3.05, 3.63) is 35.3 Å². The van der Waals surface area contributed by atoms with E-state index in [1.54, 1.807) is 34.8 Å². The van der Waals surface area contributed by atoms with Gasteiger partial charge < -0.3 is 4.74 Å². The van der Waals surface area contributed by atoms with Crippen molar-refractivity contribution in [2.45, 2.75) is 30.8 Å². The Hall–Kier alpha value is -1.51. The molecule has 0 bridgehead atoms. The van der Waals surface area contributed by atoms with Gasteiger partial charge in [-0.1, -0.05) is 10.9 Å². The van der Waals surface area contributed by atoms with Crippen LogP contribution in [0.4, 0.5) is 0 Å². The number of ether oxygens (including phenoxy) is 1. The summed E-state index contributed by atoms with van der Waals surface area (Å²) in [5.41, 5.74) is 0. The third kappa shape index (κ3) is 3.45. The monoisotopic (exact) mass is 339 g/mol. The van der Waals surface area contributed by atoms with Crippen LogP contribution < -0.4 is 4.74 Å². The van der Waals surface area contributed by atoms with Crippen molar-refractivity contribution in [2.24, 2.45) is 0 Å². The second-order valence-electron chi connectivity index (χ2n) is 5.11. The number of rotatable bonds is 5.